The molecule has 0 aromatic rings. The molecular formula is C6H9F2NO4S. The summed E-state index contributed by atoms with van der Waals surface area (Å²) >= 11 is 0. The average molecular weight is 229 g/mol. The van der Waals surface area contributed by atoms with Crippen LogP contribution < -0.4 is 5.73 Å². The summed E-state index contributed by atoms with van der Waals surface area (Å²) < 4.78 is 46.9. The SMILES string of the molecule is C=CS(=O)(=O)C(F)(F)CC(N)C(=O)O. The number of alkyl halides is 2. The fourth-order valence-electron chi connectivity index (χ4n) is 0.581. The van der Waals surface area contributed by atoms with E-state index in [4.69, 9.17) is 10.8 Å². The maximum absolute atomic E-state index is 12.8. The topological polar surface area (TPSA) is 97.5 Å². The number of rotatable bonds is 5. The molecule has 0 aliphatic heterocycles. The molecule has 1 atom stereocenters. The lowest BCUT2D eigenvalue weighted by molar-refractivity contribution is -0.139. The second kappa shape index (κ2) is 4.01. The number of hydrogen-bond acceptors (Lipinski definition) is 4. The number of carboxylic acid groups (broad SMARTS) is 1. The maximum Gasteiger partial charge on any atom is 0.351 e. The Kier molecular flexibility index (Phi) is 3.72. The van der Waals surface area contributed by atoms with Crippen molar-refractivity contribution in [2.45, 2.75) is 17.7 Å². The first kappa shape index (κ1) is 13.0. The van der Waals surface area contributed by atoms with Crippen LogP contribution in [0.4, 0.5) is 8.78 Å². The highest BCUT2D eigenvalue weighted by atomic mass is 32.2. The van der Waals surface area contributed by atoms with Crippen molar-refractivity contribution in [3.63, 3.8) is 0 Å². The van der Waals surface area contributed by atoms with Crippen molar-refractivity contribution in [3.8, 4) is 0 Å². The van der Waals surface area contributed by atoms with Gasteiger partial charge < -0.3 is 10.8 Å². The molecule has 0 saturated heterocycles. The molecule has 0 aromatic heterocycles. The third-order valence-electron chi connectivity index (χ3n) is 1.41. The second-order valence-corrected chi connectivity index (χ2v) is 4.52. The predicted molar refractivity (Wildman–Crippen MR) is 44.3 cm³/mol. The van der Waals surface area contributed by atoms with Crippen LogP contribution >= 0.6 is 0 Å². The number of hydrogen-bond donors (Lipinski definition) is 2. The highest BCUT2D eigenvalue weighted by molar-refractivity contribution is 7.95. The fourth-order valence-corrected chi connectivity index (χ4v) is 1.24. The summed E-state index contributed by atoms with van der Waals surface area (Å²) in [4.78, 5) is 10.1. The van der Waals surface area contributed by atoms with E-state index in [0.29, 0.717) is 0 Å². The van der Waals surface area contributed by atoms with E-state index < -0.39 is 33.5 Å². The predicted octanol–water partition coefficient (Wildman–Crippen LogP) is -0.0605. The van der Waals surface area contributed by atoms with Gasteiger partial charge in [-0.3, -0.25) is 4.79 Å². The number of aliphatic carboxylic acids is 1. The van der Waals surface area contributed by atoms with Crippen LogP contribution in [0.1, 0.15) is 6.42 Å². The highest BCUT2D eigenvalue weighted by Gasteiger charge is 2.45. The summed E-state index contributed by atoms with van der Waals surface area (Å²) in [6, 6.07) is -1.93. The minimum atomic E-state index is -4.84. The van der Waals surface area contributed by atoms with E-state index >= 15 is 0 Å². The molecule has 0 aromatic carbocycles. The Morgan fingerprint density at radius 3 is 2.36 bits per heavy atom. The first-order chi connectivity index (χ1) is 6.14. The lowest BCUT2D eigenvalue weighted by atomic mass is 10.2. The third kappa shape index (κ3) is 2.74. The van der Waals surface area contributed by atoms with Gasteiger partial charge in [-0.15, -0.1) is 0 Å². The van der Waals surface area contributed by atoms with Gasteiger partial charge in [-0.05, 0) is 0 Å². The number of carboxylic acids is 1. The van der Waals surface area contributed by atoms with Gasteiger partial charge in [0.1, 0.15) is 6.04 Å². The minimum absolute atomic E-state index is 0.0710. The summed E-state index contributed by atoms with van der Waals surface area (Å²) in [5, 5.41) is 4.07. The van der Waals surface area contributed by atoms with Gasteiger partial charge in [0.05, 0.1) is 6.42 Å². The highest BCUT2D eigenvalue weighted by Crippen LogP contribution is 2.28. The van der Waals surface area contributed by atoms with Gasteiger partial charge in [0.25, 0.3) is 0 Å². The van der Waals surface area contributed by atoms with Crippen LogP contribution in [0.2, 0.25) is 0 Å². The van der Waals surface area contributed by atoms with Crippen molar-refractivity contribution in [1.82, 2.24) is 0 Å². The molecular weight excluding hydrogens is 220 g/mol. The first-order valence-electron chi connectivity index (χ1n) is 3.37. The molecule has 3 N–H and O–H groups in total. The lowest BCUT2D eigenvalue weighted by Crippen LogP contribution is -2.40. The third-order valence-corrected chi connectivity index (χ3v) is 2.85. The zero-order valence-electron chi connectivity index (χ0n) is 6.98. The molecule has 0 spiro atoms. The van der Waals surface area contributed by atoms with Crippen LogP contribution in [0.25, 0.3) is 0 Å². The van der Waals surface area contributed by atoms with Crippen molar-refractivity contribution in [2.75, 3.05) is 0 Å². The molecule has 0 fully saturated rings. The van der Waals surface area contributed by atoms with Crippen molar-refractivity contribution in [3.05, 3.63) is 12.0 Å². The van der Waals surface area contributed by atoms with Crippen LogP contribution in [0.15, 0.2) is 12.0 Å². The van der Waals surface area contributed by atoms with Gasteiger partial charge in [-0.1, -0.05) is 6.58 Å². The van der Waals surface area contributed by atoms with Gasteiger partial charge in [-0.25, -0.2) is 8.42 Å². The number of carbonyl (C=O) groups is 1. The van der Waals surface area contributed by atoms with Crippen LogP contribution in [-0.2, 0) is 14.6 Å². The fraction of sp³-hybridized carbons (Fsp3) is 0.500. The molecule has 0 heterocycles. The molecule has 0 bridgehead atoms. The first-order valence-corrected chi connectivity index (χ1v) is 4.92. The van der Waals surface area contributed by atoms with Gasteiger partial charge >= 0.3 is 11.2 Å². The molecule has 1 unspecified atom stereocenters. The summed E-state index contributed by atoms with van der Waals surface area (Å²) in [7, 11) is -4.84. The van der Waals surface area contributed by atoms with E-state index in [1.807, 2.05) is 0 Å². The van der Waals surface area contributed by atoms with Crippen molar-refractivity contribution >= 4 is 15.8 Å². The molecule has 8 heteroatoms. The van der Waals surface area contributed by atoms with E-state index in [1.165, 1.54) is 0 Å². The average Bonchev–Trinajstić information content (AvgIpc) is 2.03. The Labute approximate surface area is 79.1 Å². The number of halogens is 2. The Balaban J connectivity index is 4.83. The summed E-state index contributed by atoms with van der Waals surface area (Å²) in [5.41, 5.74) is 4.78. The number of sulfone groups is 1. The monoisotopic (exact) mass is 229 g/mol. The number of nitrogens with two attached hydrogens (primary N) is 1. The molecule has 0 aliphatic carbocycles. The zero-order valence-corrected chi connectivity index (χ0v) is 7.80. The van der Waals surface area contributed by atoms with Crippen LogP contribution in [-0.4, -0.2) is 30.8 Å². The quantitative estimate of drug-likeness (QED) is 0.688. The van der Waals surface area contributed by atoms with E-state index in [0.717, 1.165) is 0 Å². The van der Waals surface area contributed by atoms with Crippen molar-refractivity contribution < 1.29 is 27.1 Å². The summed E-state index contributed by atoms with van der Waals surface area (Å²) in [5.74, 6) is -1.69. The van der Waals surface area contributed by atoms with Crippen molar-refractivity contribution in [2.24, 2.45) is 5.73 Å². The molecule has 0 rings (SSSR count). The van der Waals surface area contributed by atoms with Crippen LogP contribution in [0, 0.1) is 0 Å². The molecule has 5 nitrogen and oxygen atoms in total. The normalized spacial score (nSPS) is 14.8. The largest absolute Gasteiger partial charge is 0.480 e. The van der Waals surface area contributed by atoms with E-state index in [-0.39, 0.29) is 5.41 Å². The van der Waals surface area contributed by atoms with Crippen molar-refractivity contribution in [1.29, 1.82) is 0 Å². The molecule has 82 valence electrons. The molecule has 0 saturated carbocycles. The van der Waals surface area contributed by atoms with Crippen LogP contribution in [0.3, 0.4) is 0 Å². The second-order valence-electron chi connectivity index (χ2n) is 2.50. The van der Waals surface area contributed by atoms with E-state index in [9.17, 15) is 22.0 Å². The molecule has 0 amide bonds. The van der Waals surface area contributed by atoms with Gasteiger partial charge in [0.15, 0.2) is 0 Å². The van der Waals surface area contributed by atoms with Gasteiger partial charge in [0, 0.05) is 5.41 Å². The van der Waals surface area contributed by atoms with Gasteiger partial charge in [-0.2, -0.15) is 8.78 Å². The summed E-state index contributed by atoms with van der Waals surface area (Å²) in [6.07, 6.45) is -1.48. The van der Waals surface area contributed by atoms with E-state index in [1.54, 1.807) is 0 Å². The maximum atomic E-state index is 12.8. The molecule has 14 heavy (non-hydrogen) atoms. The molecule has 0 aliphatic rings. The Morgan fingerprint density at radius 2 is 2.07 bits per heavy atom. The zero-order chi connectivity index (χ0) is 11.6. The minimum Gasteiger partial charge on any atom is -0.480 e. The Bertz CT molecular complexity index is 338. The Hall–Kier alpha value is -1.02. The lowest BCUT2D eigenvalue weighted by Gasteiger charge is -2.16. The Morgan fingerprint density at radius 1 is 1.64 bits per heavy atom. The standard InChI is InChI=1S/C6H9F2NO4S/c1-2-14(12,13)6(7,8)3-4(9)5(10)11/h2,4H,1,3,9H2,(H,10,11). The summed E-state index contributed by atoms with van der Waals surface area (Å²) in [6.45, 7) is 2.69. The van der Waals surface area contributed by atoms with E-state index in [2.05, 4.69) is 6.58 Å². The van der Waals surface area contributed by atoms with Crippen LogP contribution in [0.5, 0.6) is 0 Å². The molecule has 0 radical (unpaired) electrons. The van der Waals surface area contributed by atoms with Gasteiger partial charge in [0.2, 0.25) is 9.84 Å². The smallest absolute Gasteiger partial charge is 0.351 e.